The fraction of sp³-hybridized carbons (Fsp3) is 0.867. The molecule has 1 heterocycles. The van der Waals surface area contributed by atoms with Gasteiger partial charge in [-0.15, -0.1) is 5.10 Å². The van der Waals surface area contributed by atoms with Gasteiger partial charge < -0.3 is 10.1 Å². The summed E-state index contributed by atoms with van der Waals surface area (Å²) in [5.74, 6) is 0.679. The summed E-state index contributed by atoms with van der Waals surface area (Å²) in [7, 11) is 3.93. The first-order chi connectivity index (χ1) is 9.74. The molecule has 2 rings (SSSR count). The lowest BCUT2D eigenvalue weighted by molar-refractivity contribution is -0.0161. The molecule has 1 aliphatic rings. The van der Waals surface area contributed by atoms with E-state index >= 15 is 0 Å². The highest BCUT2D eigenvalue weighted by Gasteiger charge is 2.30. The van der Waals surface area contributed by atoms with Crippen LogP contribution in [0.4, 0.5) is 0 Å². The van der Waals surface area contributed by atoms with Gasteiger partial charge in [0.1, 0.15) is 0 Å². The minimum atomic E-state index is 0.285. The highest BCUT2D eigenvalue weighted by molar-refractivity contribution is 4.99. The average molecular weight is 280 g/mol. The average Bonchev–Trinajstić information content (AvgIpc) is 2.89. The van der Waals surface area contributed by atoms with E-state index < -0.39 is 0 Å². The monoisotopic (exact) mass is 280 g/mol. The minimum Gasteiger partial charge on any atom is -0.377 e. The number of hydrogen-bond acceptors (Lipinski definition) is 4. The summed E-state index contributed by atoms with van der Waals surface area (Å²) in [5.41, 5.74) is 1.03. The molecule has 0 amide bonds. The number of rotatable bonds is 7. The SMILES string of the molecule is CCOC(C1CCCCC1)C(Cc1cn(C)nn1)NC. The smallest absolute Gasteiger partial charge is 0.0843 e. The van der Waals surface area contributed by atoms with Crippen molar-refractivity contribution >= 4 is 0 Å². The lowest BCUT2D eigenvalue weighted by Gasteiger charge is -2.35. The molecular weight excluding hydrogens is 252 g/mol. The van der Waals surface area contributed by atoms with Crippen molar-refractivity contribution in [1.29, 1.82) is 0 Å². The molecule has 0 radical (unpaired) electrons. The van der Waals surface area contributed by atoms with Crippen molar-refractivity contribution in [3.8, 4) is 0 Å². The summed E-state index contributed by atoms with van der Waals surface area (Å²) >= 11 is 0. The molecule has 20 heavy (non-hydrogen) atoms. The quantitative estimate of drug-likeness (QED) is 0.829. The number of nitrogens with one attached hydrogen (secondary N) is 1. The second-order valence-electron chi connectivity index (χ2n) is 5.80. The molecule has 1 fully saturated rings. The van der Waals surface area contributed by atoms with Gasteiger partial charge in [0.25, 0.3) is 0 Å². The van der Waals surface area contributed by atoms with Gasteiger partial charge in [0.15, 0.2) is 0 Å². The lowest BCUT2D eigenvalue weighted by atomic mass is 9.81. The van der Waals surface area contributed by atoms with E-state index in [0.29, 0.717) is 12.0 Å². The Kier molecular flexibility index (Phi) is 5.98. The van der Waals surface area contributed by atoms with Crippen molar-refractivity contribution in [3.05, 3.63) is 11.9 Å². The Morgan fingerprint density at radius 3 is 2.70 bits per heavy atom. The topological polar surface area (TPSA) is 52.0 Å². The maximum atomic E-state index is 6.10. The van der Waals surface area contributed by atoms with Crippen LogP contribution in [-0.2, 0) is 18.2 Å². The summed E-state index contributed by atoms with van der Waals surface area (Å²) < 4.78 is 7.86. The van der Waals surface area contributed by atoms with Crippen LogP contribution in [0.25, 0.3) is 0 Å². The van der Waals surface area contributed by atoms with Crippen molar-refractivity contribution in [1.82, 2.24) is 20.3 Å². The van der Waals surface area contributed by atoms with E-state index in [1.165, 1.54) is 32.1 Å². The van der Waals surface area contributed by atoms with Gasteiger partial charge >= 0.3 is 0 Å². The molecule has 5 heteroatoms. The maximum absolute atomic E-state index is 6.10. The van der Waals surface area contributed by atoms with Crippen LogP contribution in [0.2, 0.25) is 0 Å². The van der Waals surface area contributed by atoms with E-state index in [2.05, 4.69) is 22.6 Å². The molecule has 1 aromatic heterocycles. The van der Waals surface area contributed by atoms with Crippen LogP contribution in [0.5, 0.6) is 0 Å². The molecule has 2 unspecified atom stereocenters. The van der Waals surface area contributed by atoms with Gasteiger partial charge in [-0.2, -0.15) is 0 Å². The number of aryl methyl sites for hydroxylation is 1. The Morgan fingerprint density at radius 2 is 2.15 bits per heavy atom. The van der Waals surface area contributed by atoms with Crippen LogP contribution in [0.3, 0.4) is 0 Å². The minimum absolute atomic E-state index is 0.285. The van der Waals surface area contributed by atoms with E-state index in [4.69, 9.17) is 4.74 Å². The molecule has 1 aromatic rings. The van der Waals surface area contributed by atoms with Gasteiger partial charge in [-0.25, -0.2) is 0 Å². The standard InChI is InChI=1S/C15H28N4O/c1-4-20-15(12-8-6-5-7-9-12)14(16-2)10-13-11-19(3)18-17-13/h11-12,14-16H,4-10H2,1-3H3. The zero-order chi connectivity index (χ0) is 14.4. The molecule has 0 aromatic carbocycles. The third-order valence-electron chi connectivity index (χ3n) is 4.32. The molecule has 0 spiro atoms. The number of hydrogen-bond donors (Lipinski definition) is 1. The van der Waals surface area contributed by atoms with Crippen LogP contribution in [0, 0.1) is 5.92 Å². The maximum Gasteiger partial charge on any atom is 0.0843 e. The van der Waals surface area contributed by atoms with Gasteiger partial charge in [0.2, 0.25) is 0 Å². The van der Waals surface area contributed by atoms with Gasteiger partial charge in [0.05, 0.1) is 11.8 Å². The van der Waals surface area contributed by atoms with Crippen molar-refractivity contribution in [2.75, 3.05) is 13.7 Å². The molecule has 0 aliphatic heterocycles. The Hall–Kier alpha value is -0.940. The second-order valence-corrected chi connectivity index (χ2v) is 5.80. The number of nitrogens with zero attached hydrogens (tertiary/aromatic N) is 3. The van der Waals surface area contributed by atoms with Crippen molar-refractivity contribution < 1.29 is 4.74 Å². The first-order valence-electron chi connectivity index (χ1n) is 7.88. The zero-order valence-electron chi connectivity index (χ0n) is 13.0. The van der Waals surface area contributed by atoms with Gasteiger partial charge in [0, 0.05) is 32.3 Å². The predicted molar refractivity (Wildman–Crippen MR) is 79.5 cm³/mol. The molecule has 1 saturated carbocycles. The third-order valence-corrected chi connectivity index (χ3v) is 4.32. The number of aromatic nitrogens is 3. The second kappa shape index (κ2) is 7.74. The van der Waals surface area contributed by atoms with Crippen LogP contribution in [0.1, 0.15) is 44.7 Å². The number of likely N-dealkylation sites (N-methyl/N-ethyl adjacent to an activating group) is 1. The fourth-order valence-electron chi connectivity index (χ4n) is 3.33. The predicted octanol–water partition coefficient (Wildman–Crippen LogP) is 1.93. The molecule has 0 bridgehead atoms. The van der Waals surface area contributed by atoms with E-state index in [1.807, 2.05) is 20.3 Å². The molecule has 1 aliphatic carbocycles. The molecule has 114 valence electrons. The Bertz CT molecular complexity index is 387. The summed E-state index contributed by atoms with van der Waals surface area (Å²) in [6.07, 6.45) is 9.81. The van der Waals surface area contributed by atoms with Crippen LogP contribution >= 0.6 is 0 Å². The Balaban J connectivity index is 2.03. The summed E-state index contributed by atoms with van der Waals surface area (Å²) in [6, 6.07) is 0.315. The first-order valence-corrected chi connectivity index (χ1v) is 7.88. The van der Waals surface area contributed by atoms with E-state index in [1.54, 1.807) is 4.68 Å². The molecule has 5 nitrogen and oxygen atoms in total. The molecule has 2 atom stereocenters. The van der Waals surface area contributed by atoms with E-state index in [-0.39, 0.29) is 6.10 Å². The lowest BCUT2D eigenvalue weighted by Crippen LogP contribution is -2.46. The summed E-state index contributed by atoms with van der Waals surface area (Å²) in [4.78, 5) is 0. The third kappa shape index (κ3) is 4.03. The van der Waals surface area contributed by atoms with E-state index in [9.17, 15) is 0 Å². The Morgan fingerprint density at radius 1 is 1.40 bits per heavy atom. The fourth-order valence-corrected chi connectivity index (χ4v) is 3.33. The molecule has 0 saturated heterocycles. The number of ether oxygens (including phenoxy) is 1. The normalized spacial score (nSPS) is 19.9. The summed E-state index contributed by atoms with van der Waals surface area (Å²) in [6.45, 7) is 2.87. The van der Waals surface area contributed by atoms with Gasteiger partial charge in [-0.05, 0) is 32.7 Å². The molecule has 1 N–H and O–H groups in total. The zero-order valence-corrected chi connectivity index (χ0v) is 13.0. The van der Waals surface area contributed by atoms with Crippen molar-refractivity contribution in [2.24, 2.45) is 13.0 Å². The van der Waals surface area contributed by atoms with Crippen LogP contribution in [0.15, 0.2) is 6.20 Å². The van der Waals surface area contributed by atoms with Crippen LogP contribution < -0.4 is 5.32 Å². The van der Waals surface area contributed by atoms with Crippen LogP contribution in [-0.4, -0.2) is 40.8 Å². The van der Waals surface area contributed by atoms with Crippen molar-refractivity contribution in [2.45, 2.75) is 57.6 Å². The Labute approximate surface area is 122 Å². The summed E-state index contributed by atoms with van der Waals surface area (Å²) in [5, 5.41) is 11.7. The molecular formula is C15H28N4O. The van der Waals surface area contributed by atoms with E-state index in [0.717, 1.165) is 18.7 Å². The highest BCUT2D eigenvalue weighted by Crippen LogP contribution is 2.30. The van der Waals surface area contributed by atoms with Gasteiger partial charge in [-0.1, -0.05) is 24.5 Å². The van der Waals surface area contributed by atoms with Crippen molar-refractivity contribution in [3.63, 3.8) is 0 Å². The first kappa shape index (κ1) is 15.4. The largest absolute Gasteiger partial charge is 0.377 e. The highest BCUT2D eigenvalue weighted by atomic mass is 16.5. The van der Waals surface area contributed by atoms with Gasteiger partial charge in [-0.3, -0.25) is 4.68 Å².